The van der Waals surface area contributed by atoms with Crippen molar-refractivity contribution < 1.29 is 45.0 Å². The molecule has 0 spiro atoms. The van der Waals surface area contributed by atoms with Crippen LogP contribution in [0.25, 0.3) is 12.2 Å². The van der Waals surface area contributed by atoms with Gasteiger partial charge in [0, 0.05) is 11.1 Å². The standard InChI is InChI=1S/C45H32N4O10S2/c50-44-40(42(32-7-3-1-4-8-32)46-48(44)34-15-23-38(24-16-34)60(52,53)54)27-30-11-19-36(20-12-30)58-29-59-37-21-13-31(14-22-37)28-41-43(33-9-5-2-6-10-33)47-49(45(41)51)35-17-25-39(26-18-35)61(55,56)57/h1-28H,29H2,(H,52,53,54)(H,55,56,57)/b40-27+,41-28+. The summed E-state index contributed by atoms with van der Waals surface area (Å²) in [5, 5.41) is 11.5. The number of hydrogen-bond acceptors (Lipinski definition) is 10. The second kappa shape index (κ2) is 16.6. The summed E-state index contributed by atoms with van der Waals surface area (Å²) in [6.45, 7) is -0.121. The number of hydrazone groups is 2. The van der Waals surface area contributed by atoms with Crippen LogP contribution in [0.4, 0.5) is 11.4 Å². The molecule has 0 saturated carbocycles. The molecule has 16 heteroatoms. The van der Waals surface area contributed by atoms with Crippen LogP contribution in [-0.4, -0.2) is 56.0 Å². The van der Waals surface area contributed by atoms with Crippen molar-refractivity contribution in [1.29, 1.82) is 0 Å². The minimum absolute atomic E-state index is 0.121. The third-order valence-electron chi connectivity index (χ3n) is 9.44. The van der Waals surface area contributed by atoms with Gasteiger partial charge in [-0.05, 0) is 96.1 Å². The molecule has 304 valence electrons. The summed E-state index contributed by atoms with van der Waals surface area (Å²) >= 11 is 0. The van der Waals surface area contributed by atoms with E-state index in [1.165, 1.54) is 58.5 Å². The van der Waals surface area contributed by atoms with Crippen LogP contribution in [0.2, 0.25) is 0 Å². The molecule has 8 rings (SSSR count). The van der Waals surface area contributed by atoms with E-state index in [4.69, 9.17) is 9.47 Å². The van der Waals surface area contributed by atoms with Gasteiger partial charge in [-0.25, -0.2) is 0 Å². The Morgan fingerprint density at radius 1 is 0.475 bits per heavy atom. The lowest BCUT2D eigenvalue weighted by atomic mass is 10.0. The fraction of sp³-hybridized carbons (Fsp3) is 0.0222. The Kier molecular flexibility index (Phi) is 11.0. The van der Waals surface area contributed by atoms with Crippen LogP contribution in [0.3, 0.4) is 0 Å². The number of anilines is 2. The fourth-order valence-electron chi connectivity index (χ4n) is 6.40. The van der Waals surface area contributed by atoms with E-state index in [1.54, 1.807) is 60.7 Å². The SMILES string of the molecule is O=C1/C(=C/c2ccc(OCOc3ccc(/C=C4/C(=O)N(c5ccc(S(=O)(=O)O)cc5)N=C4c4ccccc4)cc3)cc2)C(c2ccccc2)=NN1c1ccc(S(=O)(=O)O)cc1. The van der Waals surface area contributed by atoms with Gasteiger partial charge in [0.25, 0.3) is 32.1 Å². The molecule has 0 radical (unpaired) electrons. The molecule has 0 bridgehead atoms. The van der Waals surface area contributed by atoms with E-state index in [1.807, 2.05) is 60.7 Å². The highest BCUT2D eigenvalue weighted by molar-refractivity contribution is 7.86. The molecule has 2 heterocycles. The molecule has 0 aromatic heterocycles. The molecule has 0 saturated heterocycles. The van der Waals surface area contributed by atoms with Gasteiger partial charge in [-0.3, -0.25) is 18.7 Å². The number of ether oxygens (including phenoxy) is 2. The summed E-state index contributed by atoms with van der Waals surface area (Å²) in [6, 6.07) is 42.7. The molecule has 2 aliphatic rings. The van der Waals surface area contributed by atoms with E-state index < -0.39 is 32.1 Å². The van der Waals surface area contributed by atoms with Crippen molar-refractivity contribution in [3.63, 3.8) is 0 Å². The monoisotopic (exact) mass is 852 g/mol. The molecule has 2 aliphatic heterocycles. The highest BCUT2D eigenvalue weighted by Crippen LogP contribution is 2.31. The first-order valence-electron chi connectivity index (χ1n) is 18.3. The molecule has 14 nitrogen and oxygen atoms in total. The van der Waals surface area contributed by atoms with E-state index in [9.17, 15) is 35.5 Å². The quantitative estimate of drug-likeness (QED) is 0.0719. The number of hydrogen-bond donors (Lipinski definition) is 2. The summed E-state index contributed by atoms with van der Waals surface area (Å²) in [4.78, 5) is 26.8. The van der Waals surface area contributed by atoms with E-state index in [-0.39, 0.29) is 16.6 Å². The average molecular weight is 853 g/mol. The van der Waals surface area contributed by atoms with E-state index in [0.29, 0.717) is 67.7 Å². The number of amides is 2. The van der Waals surface area contributed by atoms with Crippen molar-refractivity contribution in [2.24, 2.45) is 10.2 Å². The van der Waals surface area contributed by atoms with Crippen molar-refractivity contribution in [2.75, 3.05) is 16.8 Å². The minimum Gasteiger partial charge on any atom is -0.458 e. The zero-order valence-electron chi connectivity index (χ0n) is 31.6. The summed E-state index contributed by atoms with van der Waals surface area (Å²) in [5.74, 6) is 0.149. The number of carbonyl (C=O) groups excluding carboxylic acids is 2. The number of rotatable bonds is 12. The molecule has 6 aromatic rings. The molecule has 0 aliphatic carbocycles. The van der Waals surface area contributed by atoms with E-state index >= 15 is 0 Å². The van der Waals surface area contributed by atoms with Crippen molar-refractivity contribution >= 4 is 67.0 Å². The lowest BCUT2D eigenvalue weighted by Gasteiger charge is -2.12. The Hall–Kier alpha value is -7.50. The molecular formula is C45H32N4O10S2. The number of benzene rings is 6. The maximum atomic E-state index is 13.7. The Labute approximate surface area is 350 Å². The van der Waals surface area contributed by atoms with Gasteiger partial charge in [0.2, 0.25) is 6.79 Å². The highest BCUT2D eigenvalue weighted by Gasteiger charge is 2.33. The fourth-order valence-corrected chi connectivity index (χ4v) is 7.36. The van der Waals surface area contributed by atoms with Crippen LogP contribution in [0, 0.1) is 0 Å². The Balaban J connectivity index is 0.933. The predicted molar refractivity (Wildman–Crippen MR) is 228 cm³/mol. The van der Waals surface area contributed by atoms with Crippen molar-refractivity contribution in [3.8, 4) is 11.5 Å². The normalized spacial score (nSPS) is 15.6. The molecule has 0 fully saturated rings. The van der Waals surface area contributed by atoms with Crippen LogP contribution in [0.1, 0.15) is 22.3 Å². The Morgan fingerprint density at radius 2 is 0.820 bits per heavy atom. The zero-order chi connectivity index (χ0) is 42.7. The van der Waals surface area contributed by atoms with Gasteiger partial charge in [-0.1, -0.05) is 84.9 Å². The first-order chi connectivity index (χ1) is 29.3. The van der Waals surface area contributed by atoms with Gasteiger partial charge >= 0.3 is 0 Å². The van der Waals surface area contributed by atoms with E-state index in [0.717, 1.165) is 0 Å². The zero-order valence-corrected chi connectivity index (χ0v) is 33.3. The van der Waals surface area contributed by atoms with Gasteiger partial charge < -0.3 is 9.47 Å². The predicted octanol–water partition coefficient (Wildman–Crippen LogP) is 7.26. The topological polar surface area (TPSA) is 193 Å². The molecule has 0 atom stereocenters. The summed E-state index contributed by atoms with van der Waals surface area (Å²) in [7, 11) is -8.83. The lowest BCUT2D eigenvalue weighted by Crippen LogP contribution is -2.21. The van der Waals surface area contributed by atoms with Crippen LogP contribution in [0.5, 0.6) is 11.5 Å². The average Bonchev–Trinajstić information content (AvgIpc) is 3.77. The van der Waals surface area contributed by atoms with Gasteiger partial charge in [-0.2, -0.15) is 37.1 Å². The maximum Gasteiger partial charge on any atom is 0.294 e. The molecule has 0 unspecified atom stereocenters. The van der Waals surface area contributed by atoms with Crippen LogP contribution < -0.4 is 19.5 Å². The van der Waals surface area contributed by atoms with Crippen molar-refractivity contribution in [3.05, 3.63) is 191 Å². The Bertz CT molecular complexity index is 2780. The van der Waals surface area contributed by atoms with Gasteiger partial charge in [0.1, 0.15) is 22.9 Å². The summed E-state index contributed by atoms with van der Waals surface area (Å²) < 4.78 is 76.5. The van der Waals surface area contributed by atoms with E-state index in [2.05, 4.69) is 10.2 Å². The number of nitrogens with zero attached hydrogens (tertiary/aromatic N) is 4. The Morgan fingerprint density at radius 3 is 1.15 bits per heavy atom. The van der Waals surface area contributed by atoms with Gasteiger partial charge in [-0.15, -0.1) is 0 Å². The van der Waals surface area contributed by atoms with Crippen LogP contribution in [-0.2, 0) is 29.8 Å². The van der Waals surface area contributed by atoms with Crippen LogP contribution >= 0.6 is 0 Å². The van der Waals surface area contributed by atoms with Gasteiger partial charge in [0.15, 0.2) is 0 Å². The maximum absolute atomic E-state index is 13.7. The molecule has 6 aromatic carbocycles. The molecule has 2 N–H and O–H groups in total. The first kappa shape index (κ1) is 40.3. The summed E-state index contributed by atoms with van der Waals surface area (Å²) in [5.41, 5.74) is 4.89. The largest absolute Gasteiger partial charge is 0.458 e. The second-order valence-electron chi connectivity index (χ2n) is 13.5. The van der Waals surface area contributed by atoms with Gasteiger partial charge in [0.05, 0.1) is 32.3 Å². The third kappa shape index (κ3) is 8.92. The second-order valence-corrected chi connectivity index (χ2v) is 16.3. The smallest absolute Gasteiger partial charge is 0.294 e. The lowest BCUT2D eigenvalue weighted by molar-refractivity contribution is -0.115. The minimum atomic E-state index is -4.41. The molecule has 61 heavy (non-hydrogen) atoms. The first-order valence-corrected chi connectivity index (χ1v) is 21.2. The third-order valence-corrected chi connectivity index (χ3v) is 11.2. The van der Waals surface area contributed by atoms with Crippen molar-refractivity contribution in [1.82, 2.24) is 0 Å². The molecule has 2 amide bonds. The number of carbonyl (C=O) groups is 2. The summed E-state index contributed by atoms with van der Waals surface area (Å²) in [6.07, 6.45) is 3.40. The highest BCUT2D eigenvalue weighted by atomic mass is 32.2. The molecular weight excluding hydrogens is 821 g/mol. The van der Waals surface area contributed by atoms with Crippen LogP contribution in [0.15, 0.2) is 189 Å². The van der Waals surface area contributed by atoms with Crippen molar-refractivity contribution in [2.45, 2.75) is 9.79 Å².